The number of hydrogen-bond donors (Lipinski definition) is 0. The maximum absolute atomic E-state index is 12.4. The van der Waals surface area contributed by atoms with Gasteiger partial charge in [0.25, 0.3) is 0 Å². The van der Waals surface area contributed by atoms with Crippen molar-refractivity contribution >= 4 is 21.6 Å². The molecule has 3 rings (SSSR count). The number of fused-ring (bicyclic) bond motifs is 1. The first-order valence-electron chi connectivity index (χ1n) is 5.56. The highest BCUT2D eigenvalue weighted by Gasteiger charge is 2.16. The highest BCUT2D eigenvalue weighted by atomic mass is 32.2. The molecule has 0 radical (unpaired) electrons. The molecule has 0 aliphatic carbocycles. The zero-order valence-corrected chi connectivity index (χ0v) is 10.1. The van der Waals surface area contributed by atoms with Gasteiger partial charge < -0.3 is 4.74 Å². The highest BCUT2D eigenvalue weighted by molar-refractivity contribution is 7.89. The molecular weight excluding hydrogens is 232 g/mol. The Morgan fingerprint density at radius 2 is 1.88 bits per heavy atom. The minimum atomic E-state index is -1.10. The SMILES string of the molecule is O=S(C1=COCC1)c1cccc2ccccc12. The number of ether oxygens (including phenoxy) is 1. The van der Waals surface area contributed by atoms with E-state index in [1.54, 1.807) is 6.26 Å². The fourth-order valence-electron chi connectivity index (χ4n) is 2.01. The summed E-state index contributed by atoms with van der Waals surface area (Å²) in [5.41, 5.74) is 0. The first-order valence-corrected chi connectivity index (χ1v) is 6.71. The molecule has 0 spiro atoms. The van der Waals surface area contributed by atoms with Crippen molar-refractivity contribution in [2.45, 2.75) is 11.3 Å². The van der Waals surface area contributed by atoms with Gasteiger partial charge in [0, 0.05) is 6.42 Å². The van der Waals surface area contributed by atoms with Gasteiger partial charge in [0.15, 0.2) is 0 Å². The molecule has 0 fully saturated rings. The molecule has 1 aliphatic rings. The van der Waals surface area contributed by atoms with E-state index in [1.807, 2.05) is 42.5 Å². The van der Waals surface area contributed by atoms with E-state index in [2.05, 4.69) is 0 Å². The molecule has 1 unspecified atom stereocenters. The molecule has 1 heterocycles. The Hall–Kier alpha value is -1.61. The number of benzene rings is 2. The lowest BCUT2D eigenvalue weighted by Gasteiger charge is -2.05. The predicted octanol–water partition coefficient (Wildman–Crippen LogP) is 3.21. The standard InChI is InChI=1S/C14H12O2S/c15-17(12-8-9-16-10-12)14-7-3-5-11-4-1-2-6-13(11)14/h1-7,10H,8-9H2. The van der Waals surface area contributed by atoms with Crippen LogP contribution in [0.5, 0.6) is 0 Å². The minimum absolute atomic E-state index is 0.645. The van der Waals surface area contributed by atoms with Gasteiger partial charge >= 0.3 is 0 Å². The van der Waals surface area contributed by atoms with Crippen LogP contribution in [0, 0.1) is 0 Å². The van der Waals surface area contributed by atoms with E-state index in [0.717, 1.165) is 27.0 Å². The molecular formula is C14H12O2S. The average molecular weight is 244 g/mol. The Labute approximate surface area is 102 Å². The summed E-state index contributed by atoms with van der Waals surface area (Å²) in [6.45, 7) is 0.645. The lowest BCUT2D eigenvalue weighted by atomic mass is 10.1. The smallest absolute Gasteiger partial charge is 0.0954 e. The normalized spacial score (nSPS) is 16.6. The molecule has 2 aromatic rings. The third-order valence-electron chi connectivity index (χ3n) is 2.87. The molecule has 0 amide bonds. The van der Waals surface area contributed by atoms with Gasteiger partial charge in [-0.1, -0.05) is 36.4 Å². The summed E-state index contributed by atoms with van der Waals surface area (Å²) < 4.78 is 17.6. The van der Waals surface area contributed by atoms with Gasteiger partial charge in [0.1, 0.15) is 0 Å². The van der Waals surface area contributed by atoms with Crippen LogP contribution in [-0.4, -0.2) is 10.8 Å². The van der Waals surface area contributed by atoms with Crippen LogP contribution < -0.4 is 0 Å². The number of hydrogen-bond acceptors (Lipinski definition) is 2. The maximum Gasteiger partial charge on any atom is 0.0954 e. The number of rotatable bonds is 2. The van der Waals surface area contributed by atoms with Gasteiger partial charge in [-0.15, -0.1) is 0 Å². The predicted molar refractivity (Wildman–Crippen MR) is 69.0 cm³/mol. The molecule has 0 aromatic heterocycles. The van der Waals surface area contributed by atoms with Crippen molar-refractivity contribution < 1.29 is 8.95 Å². The molecule has 0 bridgehead atoms. The second-order valence-corrected chi connectivity index (χ2v) is 5.45. The van der Waals surface area contributed by atoms with Gasteiger partial charge in [-0.25, -0.2) is 4.21 Å². The lowest BCUT2D eigenvalue weighted by Crippen LogP contribution is -1.95. The van der Waals surface area contributed by atoms with Crippen molar-refractivity contribution in [2.75, 3.05) is 6.61 Å². The summed E-state index contributed by atoms with van der Waals surface area (Å²) >= 11 is 0. The molecule has 0 saturated heterocycles. The van der Waals surface area contributed by atoms with Gasteiger partial charge in [-0.2, -0.15) is 0 Å². The van der Waals surface area contributed by atoms with E-state index in [9.17, 15) is 4.21 Å². The fraction of sp³-hybridized carbons (Fsp3) is 0.143. The summed E-state index contributed by atoms with van der Waals surface area (Å²) in [7, 11) is -1.10. The molecule has 86 valence electrons. The van der Waals surface area contributed by atoms with Crippen LogP contribution in [0.4, 0.5) is 0 Å². The maximum atomic E-state index is 12.4. The van der Waals surface area contributed by atoms with Crippen molar-refractivity contribution in [3.8, 4) is 0 Å². The Bertz CT molecular complexity index is 611. The van der Waals surface area contributed by atoms with Crippen LogP contribution in [0.2, 0.25) is 0 Å². The molecule has 0 N–H and O–H groups in total. The Morgan fingerprint density at radius 3 is 2.71 bits per heavy atom. The van der Waals surface area contributed by atoms with Gasteiger partial charge in [-0.3, -0.25) is 0 Å². The first kappa shape index (κ1) is 10.5. The molecule has 0 saturated carbocycles. The van der Waals surface area contributed by atoms with E-state index in [1.165, 1.54) is 0 Å². The van der Waals surface area contributed by atoms with Crippen molar-refractivity contribution in [2.24, 2.45) is 0 Å². The second kappa shape index (κ2) is 4.34. The molecule has 1 aliphatic heterocycles. The topological polar surface area (TPSA) is 26.3 Å². The summed E-state index contributed by atoms with van der Waals surface area (Å²) in [5.74, 6) is 0. The molecule has 2 aromatic carbocycles. The minimum Gasteiger partial charge on any atom is -0.500 e. The van der Waals surface area contributed by atoms with Gasteiger partial charge in [0.2, 0.25) is 0 Å². The first-order chi connectivity index (χ1) is 8.36. The van der Waals surface area contributed by atoms with Crippen molar-refractivity contribution in [3.05, 3.63) is 53.6 Å². The molecule has 3 heteroatoms. The van der Waals surface area contributed by atoms with Crippen molar-refractivity contribution in [1.29, 1.82) is 0 Å². The van der Waals surface area contributed by atoms with Gasteiger partial charge in [-0.05, 0) is 16.8 Å². The van der Waals surface area contributed by atoms with Crippen LogP contribution in [0.3, 0.4) is 0 Å². The van der Waals surface area contributed by atoms with Gasteiger partial charge in [0.05, 0.1) is 33.5 Å². The molecule has 17 heavy (non-hydrogen) atoms. The van der Waals surface area contributed by atoms with Crippen molar-refractivity contribution in [3.63, 3.8) is 0 Å². The van der Waals surface area contributed by atoms with Crippen LogP contribution in [0.25, 0.3) is 10.8 Å². The summed E-state index contributed by atoms with van der Waals surface area (Å²) in [4.78, 5) is 1.75. The van der Waals surface area contributed by atoms with Crippen LogP contribution in [-0.2, 0) is 15.5 Å². The third kappa shape index (κ3) is 1.87. The Kier molecular flexibility index (Phi) is 2.69. The highest BCUT2D eigenvalue weighted by Crippen LogP contribution is 2.27. The summed E-state index contributed by atoms with van der Waals surface area (Å²) in [5, 5.41) is 2.18. The average Bonchev–Trinajstić information content (AvgIpc) is 2.91. The van der Waals surface area contributed by atoms with Crippen LogP contribution >= 0.6 is 0 Å². The fourth-order valence-corrected chi connectivity index (χ4v) is 3.30. The van der Waals surface area contributed by atoms with Crippen molar-refractivity contribution in [1.82, 2.24) is 0 Å². The third-order valence-corrected chi connectivity index (χ3v) is 4.40. The van der Waals surface area contributed by atoms with E-state index < -0.39 is 10.8 Å². The quantitative estimate of drug-likeness (QED) is 0.811. The zero-order valence-electron chi connectivity index (χ0n) is 9.26. The lowest BCUT2D eigenvalue weighted by molar-refractivity contribution is 0.281. The second-order valence-electron chi connectivity index (χ2n) is 3.95. The van der Waals surface area contributed by atoms with E-state index in [0.29, 0.717) is 6.61 Å². The van der Waals surface area contributed by atoms with Crippen LogP contribution in [0.15, 0.2) is 58.5 Å². The monoisotopic (exact) mass is 244 g/mol. The molecule has 2 nitrogen and oxygen atoms in total. The largest absolute Gasteiger partial charge is 0.500 e. The Balaban J connectivity index is 2.14. The van der Waals surface area contributed by atoms with E-state index in [4.69, 9.17) is 4.74 Å². The van der Waals surface area contributed by atoms with E-state index in [-0.39, 0.29) is 0 Å². The zero-order chi connectivity index (χ0) is 11.7. The Morgan fingerprint density at radius 1 is 1.06 bits per heavy atom. The van der Waals surface area contributed by atoms with E-state index >= 15 is 0 Å². The summed E-state index contributed by atoms with van der Waals surface area (Å²) in [6.07, 6.45) is 2.40. The molecule has 1 atom stereocenters. The summed E-state index contributed by atoms with van der Waals surface area (Å²) in [6, 6.07) is 13.9. The van der Waals surface area contributed by atoms with Crippen LogP contribution in [0.1, 0.15) is 6.42 Å².